The standard InChI is InChI=1S/C28H21Br2Cl2N3O8/c1-43-19-8-12(30)7-17(22(19)36)21-15-5-6-16-20(18(15)10-27(31)25(39)33(11-29)26(40)28(21,27)32)24(38)34(23(16)37)13-3-2-4-14(9-13)35(41)42/h2-5,7-9,16,18,20-21,36H,6,10-11H2,1H3. The third kappa shape index (κ3) is 3.97. The summed E-state index contributed by atoms with van der Waals surface area (Å²) in [6.07, 6.45) is 1.56. The fourth-order valence-corrected chi connectivity index (χ4v) is 8.94. The summed E-state index contributed by atoms with van der Waals surface area (Å²) in [7, 11) is 1.35. The molecule has 43 heavy (non-hydrogen) atoms. The second-order valence-corrected chi connectivity index (χ2v) is 13.5. The monoisotopic (exact) mass is 755 g/mol. The van der Waals surface area contributed by atoms with E-state index in [1.165, 1.54) is 31.4 Å². The summed E-state index contributed by atoms with van der Waals surface area (Å²) in [4.78, 5) is 63.9. The molecule has 6 atom stereocenters. The third-order valence-corrected chi connectivity index (χ3v) is 11.3. The van der Waals surface area contributed by atoms with Crippen LogP contribution in [0.1, 0.15) is 24.3 Å². The van der Waals surface area contributed by atoms with E-state index in [2.05, 4.69) is 31.9 Å². The van der Waals surface area contributed by atoms with Crippen molar-refractivity contribution in [1.29, 1.82) is 0 Å². The van der Waals surface area contributed by atoms with E-state index in [9.17, 15) is 34.4 Å². The van der Waals surface area contributed by atoms with Gasteiger partial charge in [0.1, 0.15) is 0 Å². The van der Waals surface area contributed by atoms with E-state index >= 15 is 0 Å². The van der Waals surface area contributed by atoms with E-state index in [1.54, 1.807) is 12.1 Å². The number of ether oxygens (including phenoxy) is 1. The van der Waals surface area contributed by atoms with Gasteiger partial charge in [-0.1, -0.05) is 49.6 Å². The van der Waals surface area contributed by atoms with Crippen molar-refractivity contribution in [2.45, 2.75) is 28.5 Å². The number of likely N-dealkylation sites (tertiary alicyclic amines) is 1. The van der Waals surface area contributed by atoms with E-state index in [1.807, 2.05) is 0 Å². The second kappa shape index (κ2) is 10.3. The minimum atomic E-state index is -2.11. The van der Waals surface area contributed by atoms with E-state index < -0.39 is 62.0 Å². The van der Waals surface area contributed by atoms with E-state index in [0.717, 1.165) is 15.9 Å². The molecule has 15 heteroatoms. The lowest BCUT2D eigenvalue weighted by Gasteiger charge is -2.50. The smallest absolute Gasteiger partial charge is 0.271 e. The van der Waals surface area contributed by atoms with Crippen LogP contribution in [0, 0.1) is 27.9 Å². The minimum absolute atomic E-state index is 0.0479. The number of fused-ring (bicyclic) bond motifs is 4. The molecule has 0 bridgehead atoms. The molecule has 4 amide bonds. The Balaban J connectivity index is 1.54. The first-order valence-electron chi connectivity index (χ1n) is 13.0. The number of allylic oxidation sites excluding steroid dienone is 2. The van der Waals surface area contributed by atoms with Crippen LogP contribution in [-0.4, -0.2) is 60.9 Å². The lowest BCUT2D eigenvalue weighted by Crippen LogP contribution is -2.60. The zero-order valence-corrected chi connectivity index (χ0v) is 26.8. The average Bonchev–Trinajstić information content (AvgIpc) is 3.31. The Bertz CT molecular complexity index is 1690. The number of hydrogen-bond acceptors (Lipinski definition) is 8. The first kappa shape index (κ1) is 30.0. The molecule has 224 valence electrons. The maximum absolute atomic E-state index is 14.1. The number of amides is 4. The van der Waals surface area contributed by atoms with Crippen molar-refractivity contribution in [1.82, 2.24) is 4.90 Å². The van der Waals surface area contributed by atoms with Gasteiger partial charge in [-0.2, -0.15) is 0 Å². The molecule has 2 aliphatic carbocycles. The van der Waals surface area contributed by atoms with Gasteiger partial charge < -0.3 is 9.84 Å². The van der Waals surface area contributed by atoms with Gasteiger partial charge in [0, 0.05) is 28.1 Å². The van der Waals surface area contributed by atoms with Gasteiger partial charge in [0.2, 0.25) is 11.8 Å². The molecule has 0 spiro atoms. The van der Waals surface area contributed by atoms with Crippen LogP contribution in [0.2, 0.25) is 0 Å². The first-order valence-corrected chi connectivity index (χ1v) is 15.7. The number of alkyl halides is 3. The number of anilines is 1. The fraction of sp³-hybridized carbons (Fsp3) is 0.357. The number of phenols is 1. The molecule has 3 fully saturated rings. The van der Waals surface area contributed by atoms with Gasteiger partial charge in [0.15, 0.2) is 21.2 Å². The molecular weight excluding hydrogens is 737 g/mol. The van der Waals surface area contributed by atoms with Crippen molar-refractivity contribution in [3.8, 4) is 11.5 Å². The number of imide groups is 2. The van der Waals surface area contributed by atoms with Crippen LogP contribution in [0.15, 0.2) is 52.5 Å². The number of rotatable bonds is 5. The molecule has 6 rings (SSSR count). The number of halogens is 4. The molecule has 6 unspecified atom stereocenters. The Morgan fingerprint density at radius 2 is 1.84 bits per heavy atom. The summed E-state index contributed by atoms with van der Waals surface area (Å²) in [5.74, 6) is -6.87. The number of benzene rings is 2. The topological polar surface area (TPSA) is 147 Å². The highest BCUT2D eigenvalue weighted by molar-refractivity contribution is 9.10. The number of non-ortho nitro benzene ring substituents is 1. The van der Waals surface area contributed by atoms with E-state index in [4.69, 9.17) is 27.9 Å². The van der Waals surface area contributed by atoms with E-state index in [-0.39, 0.29) is 46.7 Å². The highest BCUT2D eigenvalue weighted by Gasteiger charge is 2.76. The normalized spacial score (nSPS) is 31.5. The molecule has 11 nitrogen and oxygen atoms in total. The lowest BCUT2D eigenvalue weighted by molar-refractivity contribution is -0.384. The molecule has 0 aromatic heterocycles. The zero-order chi connectivity index (χ0) is 31.2. The van der Waals surface area contributed by atoms with E-state index in [0.29, 0.717) is 10.0 Å². The summed E-state index contributed by atoms with van der Waals surface area (Å²) in [5.41, 5.74) is 0.182. The van der Waals surface area contributed by atoms with Crippen molar-refractivity contribution in [2.75, 3.05) is 17.5 Å². The molecule has 4 aliphatic rings. The van der Waals surface area contributed by atoms with Crippen molar-refractivity contribution in [2.24, 2.45) is 17.8 Å². The number of aromatic hydroxyl groups is 1. The fourth-order valence-electron chi connectivity index (χ4n) is 7.07. The quantitative estimate of drug-likeness (QED) is 0.112. The Kier molecular flexibility index (Phi) is 7.19. The van der Waals surface area contributed by atoms with Gasteiger partial charge in [-0.05, 0) is 37.0 Å². The van der Waals surface area contributed by atoms with Gasteiger partial charge >= 0.3 is 0 Å². The van der Waals surface area contributed by atoms with Crippen molar-refractivity contribution in [3.05, 3.63) is 68.2 Å². The molecule has 2 aromatic rings. The predicted molar refractivity (Wildman–Crippen MR) is 161 cm³/mol. The van der Waals surface area contributed by atoms with Gasteiger partial charge in [0.05, 0.1) is 35.0 Å². The summed E-state index contributed by atoms with van der Waals surface area (Å²) in [6.45, 7) is 0. The van der Waals surface area contributed by atoms with Crippen LogP contribution >= 0.6 is 55.1 Å². The molecule has 1 N–H and O–H groups in total. The van der Waals surface area contributed by atoms with Gasteiger partial charge in [-0.3, -0.25) is 34.2 Å². The minimum Gasteiger partial charge on any atom is -0.504 e. The molecular formula is C28H21Br2Cl2N3O8. The van der Waals surface area contributed by atoms with Crippen LogP contribution in [0.3, 0.4) is 0 Å². The number of nitrogens with zero attached hydrogens (tertiary/aromatic N) is 3. The Morgan fingerprint density at radius 3 is 2.49 bits per heavy atom. The molecule has 1 saturated carbocycles. The number of carbonyl (C=O) groups is 4. The Morgan fingerprint density at radius 1 is 1.12 bits per heavy atom. The number of methoxy groups -OCH3 is 1. The summed E-state index contributed by atoms with van der Waals surface area (Å²) in [5, 5.41) is 22.7. The van der Waals surface area contributed by atoms with Crippen molar-refractivity contribution >= 4 is 90.1 Å². The summed E-state index contributed by atoms with van der Waals surface area (Å²) < 4.78 is 5.82. The highest BCUT2D eigenvalue weighted by atomic mass is 79.9. The molecule has 0 radical (unpaired) electrons. The van der Waals surface area contributed by atoms with Crippen LogP contribution in [0.4, 0.5) is 11.4 Å². The first-order chi connectivity index (χ1) is 20.3. The maximum Gasteiger partial charge on any atom is 0.271 e. The van der Waals surface area contributed by atoms with Gasteiger partial charge in [0.25, 0.3) is 17.5 Å². The molecule has 2 heterocycles. The third-order valence-electron chi connectivity index (χ3n) is 8.91. The van der Waals surface area contributed by atoms with Gasteiger partial charge in [-0.25, -0.2) is 4.90 Å². The average molecular weight is 758 g/mol. The summed E-state index contributed by atoms with van der Waals surface area (Å²) >= 11 is 21.0. The molecule has 2 aliphatic heterocycles. The van der Waals surface area contributed by atoms with Crippen LogP contribution < -0.4 is 9.64 Å². The van der Waals surface area contributed by atoms with Crippen LogP contribution in [-0.2, 0) is 19.2 Å². The molecule has 2 saturated heterocycles. The number of phenolic OH excluding ortho intramolecular Hbond substituents is 1. The Hall–Kier alpha value is -3.00. The zero-order valence-electron chi connectivity index (χ0n) is 22.1. The number of carbonyl (C=O) groups excluding carboxylic acids is 4. The Labute approximate surface area is 271 Å². The van der Waals surface area contributed by atoms with Gasteiger partial charge in [-0.15, -0.1) is 23.2 Å². The van der Waals surface area contributed by atoms with Crippen molar-refractivity contribution < 1.29 is 33.9 Å². The largest absolute Gasteiger partial charge is 0.504 e. The summed E-state index contributed by atoms with van der Waals surface area (Å²) in [6, 6.07) is 8.28. The number of hydrogen-bond donors (Lipinski definition) is 1. The predicted octanol–water partition coefficient (Wildman–Crippen LogP) is 4.99. The number of nitro benzene ring substituents is 1. The van der Waals surface area contributed by atoms with Crippen LogP contribution in [0.25, 0.3) is 0 Å². The lowest BCUT2D eigenvalue weighted by atomic mass is 9.56. The molecule has 2 aromatic carbocycles. The SMILES string of the molecule is COc1cc(Br)cc(C2C3=CCC4C(=O)N(c5cccc([N+](=O)[O-])c5)C(=O)C4C3CC3(Cl)C(=O)N(CBr)C(=O)C23Cl)c1O. The maximum atomic E-state index is 14.1. The van der Waals surface area contributed by atoms with Crippen molar-refractivity contribution in [3.63, 3.8) is 0 Å². The second-order valence-electron chi connectivity index (χ2n) is 10.8. The van der Waals surface area contributed by atoms with Crippen LogP contribution in [0.5, 0.6) is 11.5 Å². The highest BCUT2D eigenvalue weighted by Crippen LogP contribution is 2.66. The number of nitro groups is 1.